The lowest BCUT2D eigenvalue weighted by molar-refractivity contribution is -0.367. The summed E-state index contributed by atoms with van der Waals surface area (Å²) in [6, 6.07) is 30.8. The highest BCUT2D eigenvalue weighted by molar-refractivity contribution is 5.37. The second-order valence-electron chi connectivity index (χ2n) is 7.97. The first kappa shape index (κ1) is 22.3. The van der Waals surface area contributed by atoms with Gasteiger partial charge >= 0.3 is 6.16 Å². The Morgan fingerprint density at radius 2 is 0.576 bits per heavy atom. The van der Waals surface area contributed by atoms with E-state index >= 15 is 0 Å². The highest BCUT2D eigenvalue weighted by Gasteiger charge is 2.45. The fourth-order valence-electron chi connectivity index (χ4n) is 3.35. The lowest BCUT2D eigenvalue weighted by atomic mass is 10.2. The molecule has 0 heterocycles. The summed E-state index contributed by atoms with van der Waals surface area (Å²) in [6.07, 6.45) is -1.92. The Kier molecular flexibility index (Phi) is 6.55. The third-order valence-corrected chi connectivity index (χ3v) is 5.31. The average Bonchev–Trinajstić information content (AvgIpc) is 2.80. The molecule has 0 saturated carbocycles. The zero-order valence-corrected chi connectivity index (χ0v) is 19.4. The number of rotatable bonds is 8. The molecule has 0 amide bonds. The maximum atomic E-state index is 6.44. The van der Waals surface area contributed by atoms with E-state index in [-0.39, 0.29) is 0 Å². The molecule has 0 radical (unpaired) electrons. The molecule has 0 bridgehead atoms. The Hall–Kier alpha value is -3.92. The number of hydrogen-bond donors (Lipinski definition) is 0. The van der Waals surface area contributed by atoms with Crippen molar-refractivity contribution in [2.75, 3.05) is 0 Å². The van der Waals surface area contributed by atoms with Crippen molar-refractivity contribution in [1.29, 1.82) is 0 Å². The van der Waals surface area contributed by atoms with Gasteiger partial charge in [-0.05, 0) is 74.2 Å². The minimum absolute atomic E-state index is 0.591. The van der Waals surface area contributed by atoms with Crippen molar-refractivity contribution in [1.82, 2.24) is 0 Å². The lowest BCUT2D eigenvalue weighted by Crippen LogP contribution is -2.54. The van der Waals surface area contributed by atoms with Crippen molar-refractivity contribution >= 4 is 0 Å². The molecule has 4 rings (SSSR count). The van der Waals surface area contributed by atoms with Gasteiger partial charge in [0.25, 0.3) is 0 Å². The van der Waals surface area contributed by atoms with E-state index in [1.54, 1.807) is 0 Å². The van der Waals surface area contributed by atoms with Crippen molar-refractivity contribution in [3.8, 4) is 23.0 Å². The number of ether oxygens (including phenoxy) is 4. The molecule has 0 unspecified atom stereocenters. The van der Waals surface area contributed by atoms with Gasteiger partial charge in [0.15, 0.2) is 0 Å². The van der Waals surface area contributed by atoms with Crippen molar-refractivity contribution in [2.24, 2.45) is 0 Å². The van der Waals surface area contributed by atoms with E-state index in [2.05, 4.69) is 0 Å². The number of aryl methyl sites for hydroxylation is 4. The summed E-state index contributed by atoms with van der Waals surface area (Å²) in [5.74, 6) is 2.36. The molecule has 0 atom stereocenters. The zero-order chi connectivity index (χ0) is 23.3. The average molecular weight is 441 g/mol. The van der Waals surface area contributed by atoms with Crippen LogP contribution in [0.25, 0.3) is 0 Å². The predicted octanol–water partition coefficient (Wildman–Crippen LogP) is 7.15. The molecule has 4 aromatic carbocycles. The fourth-order valence-corrected chi connectivity index (χ4v) is 3.35. The molecule has 0 aromatic heterocycles. The van der Waals surface area contributed by atoms with Crippen LogP contribution >= 0.6 is 0 Å². The van der Waals surface area contributed by atoms with Crippen LogP contribution in [-0.2, 0) is 0 Å². The van der Waals surface area contributed by atoms with Crippen LogP contribution in [0.4, 0.5) is 0 Å². The van der Waals surface area contributed by atoms with Crippen molar-refractivity contribution in [3.05, 3.63) is 119 Å². The van der Waals surface area contributed by atoms with Gasteiger partial charge in [-0.15, -0.1) is 0 Å². The molecule has 4 heteroatoms. The molecule has 33 heavy (non-hydrogen) atoms. The Bertz CT molecular complexity index is 1040. The second-order valence-corrected chi connectivity index (χ2v) is 7.97. The largest absolute Gasteiger partial charge is 0.611 e. The van der Waals surface area contributed by atoms with E-state index in [1.165, 1.54) is 0 Å². The summed E-state index contributed by atoms with van der Waals surface area (Å²) in [7, 11) is 0. The normalized spacial score (nSPS) is 11.0. The van der Waals surface area contributed by atoms with Crippen molar-refractivity contribution in [3.63, 3.8) is 0 Å². The number of para-hydroxylation sites is 4. The molecule has 0 N–H and O–H groups in total. The van der Waals surface area contributed by atoms with Crippen LogP contribution in [0.3, 0.4) is 0 Å². The highest BCUT2D eigenvalue weighted by Crippen LogP contribution is 2.34. The Morgan fingerprint density at radius 1 is 0.364 bits per heavy atom. The molecule has 4 aromatic rings. The van der Waals surface area contributed by atoms with Crippen LogP contribution in [0.1, 0.15) is 22.3 Å². The molecule has 0 aliphatic rings. The van der Waals surface area contributed by atoms with Gasteiger partial charge in [-0.3, -0.25) is 0 Å². The molecule has 0 fully saturated rings. The smallest absolute Gasteiger partial charge is 0.386 e. The summed E-state index contributed by atoms with van der Waals surface area (Å²) in [4.78, 5) is 0. The van der Waals surface area contributed by atoms with Gasteiger partial charge < -0.3 is 18.9 Å². The molecule has 168 valence electrons. The minimum atomic E-state index is -1.92. The van der Waals surface area contributed by atoms with Crippen molar-refractivity contribution < 1.29 is 18.9 Å². The van der Waals surface area contributed by atoms with E-state index < -0.39 is 6.16 Å². The first-order valence-electron chi connectivity index (χ1n) is 10.9. The maximum absolute atomic E-state index is 6.44. The van der Waals surface area contributed by atoms with Crippen LogP contribution in [0, 0.1) is 27.7 Å². The maximum Gasteiger partial charge on any atom is 0.611 e. The summed E-state index contributed by atoms with van der Waals surface area (Å²) in [5.41, 5.74) is 3.71. The van der Waals surface area contributed by atoms with E-state index in [4.69, 9.17) is 18.9 Å². The van der Waals surface area contributed by atoms with Crippen LogP contribution in [0.5, 0.6) is 23.0 Å². The monoisotopic (exact) mass is 440 g/mol. The Balaban J connectivity index is 1.86. The van der Waals surface area contributed by atoms with Gasteiger partial charge in [0.2, 0.25) is 0 Å². The van der Waals surface area contributed by atoms with Gasteiger partial charge in [0.1, 0.15) is 23.0 Å². The quantitative estimate of drug-likeness (QED) is 0.273. The van der Waals surface area contributed by atoms with Gasteiger partial charge in [-0.2, -0.15) is 0 Å². The van der Waals surface area contributed by atoms with E-state index in [9.17, 15) is 0 Å². The molecule has 0 aliphatic carbocycles. The van der Waals surface area contributed by atoms with E-state index in [1.807, 2.05) is 125 Å². The van der Waals surface area contributed by atoms with Crippen molar-refractivity contribution in [2.45, 2.75) is 33.9 Å². The molecule has 0 saturated heterocycles. The summed E-state index contributed by atoms with van der Waals surface area (Å²) in [6.45, 7) is 7.87. The topological polar surface area (TPSA) is 36.9 Å². The Morgan fingerprint density at radius 3 is 0.788 bits per heavy atom. The molecular weight excluding hydrogens is 412 g/mol. The van der Waals surface area contributed by atoms with Gasteiger partial charge in [0, 0.05) is 0 Å². The molecular formula is C29H28O4. The SMILES string of the molecule is Cc1ccccc1OC(Oc1ccccc1C)(Oc1ccccc1C)Oc1ccccc1C. The van der Waals surface area contributed by atoms with Crippen LogP contribution in [0.15, 0.2) is 97.1 Å². The van der Waals surface area contributed by atoms with Crippen LogP contribution in [-0.4, -0.2) is 6.16 Å². The van der Waals surface area contributed by atoms with Gasteiger partial charge in [-0.25, -0.2) is 0 Å². The number of benzene rings is 4. The zero-order valence-electron chi connectivity index (χ0n) is 19.4. The standard InChI is InChI=1S/C29H28O4/c1-21-13-5-9-17-25(21)30-29(31-26-18-10-6-14-22(26)2,32-27-19-11-7-15-23(27)3)33-28-20-12-8-16-24(28)4/h5-20H,1-4H3. The minimum Gasteiger partial charge on any atom is -0.386 e. The highest BCUT2D eigenvalue weighted by atomic mass is 17.0. The predicted molar refractivity (Wildman–Crippen MR) is 130 cm³/mol. The first-order chi connectivity index (χ1) is 16.0. The molecule has 0 spiro atoms. The molecule has 0 aliphatic heterocycles. The summed E-state index contributed by atoms with van der Waals surface area (Å²) >= 11 is 0. The van der Waals surface area contributed by atoms with E-state index in [0.717, 1.165) is 22.3 Å². The summed E-state index contributed by atoms with van der Waals surface area (Å²) in [5, 5.41) is 0. The third kappa shape index (κ3) is 5.29. The lowest BCUT2D eigenvalue weighted by Gasteiger charge is -2.34. The number of hydrogen-bond acceptors (Lipinski definition) is 4. The van der Waals surface area contributed by atoms with Gasteiger partial charge in [0.05, 0.1) is 0 Å². The summed E-state index contributed by atoms with van der Waals surface area (Å²) < 4.78 is 25.8. The Labute approximate surface area is 195 Å². The third-order valence-electron chi connectivity index (χ3n) is 5.31. The van der Waals surface area contributed by atoms with Crippen LogP contribution < -0.4 is 18.9 Å². The molecule has 4 nitrogen and oxygen atoms in total. The second kappa shape index (κ2) is 9.70. The fraction of sp³-hybridized carbons (Fsp3) is 0.172. The van der Waals surface area contributed by atoms with E-state index in [0.29, 0.717) is 23.0 Å². The van der Waals surface area contributed by atoms with Gasteiger partial charge in [-0.1, -0.05) is 72.8 Å². The van der Waals surface area contributed by atoms with Crippen LogP contribution in [0.2, 0.25) is 0 Å². The first-order valence-corrected chi connectivity index (χ1v) is 10.9.